The number of nitrogens with one attached hydrogen (secondary N) is 2. The van der Waals surface area contributed by atoms with Gasteiger partial charge >= 0.3 is 5.97 Å². The average molecular weight is 250 g/mol. The molecule has 6 heteroatoms. The highest BCUT2D eigenvalue weighted by Crippen LogP contribution is 2.14. The van der Waals surface area contributed by atoms with Crippen LogP contribution in [0.1, 0.15) is 30.3 Å². The minimum absolute atomic E-state index is 0.226. The van der Waals surface area contributed by atoms with Crippen molar-refractivity contribution in [2.45, 2.75) is 31.8 Å². The van der Waals surface area contributed by atoms with Crippen molar-refractivity contribution in [3.63, 3.8) is 0 Å². The van der Waals surface area contributed by atoms with E-state index in [0.717, 1.165) is 19.4 Å². The summed E-state index contributed by atoms with van der Waals surface area (Å²) in [7, 11) is 1.33. The molecule has 2 atom stereocenters. The fourth-order valence-corrected chi connectivity index (χ4v) is 2.11. The zero-order valence-corrected chi connectivity index (χ0v) is 10.6. The van der Waals surface area contributed by atoms with E-state index in [0.29, 0.717) is 17.9 Å². The first-order valence-corrected chi connectivity index (χ1v) is 6.09. The van der Waals surface area contributed by atoms with Gasteiger partial charge in [0.15, 0.2) is 5.69 Å². The van der Waals surface area contributed by atoms with Gasteiger partial charge in [-0.1, -0.05) is 0 Å². The molecule has 1 aliphatic heterocycles. The maximum absolute atomic E-state index is 11.3. The first kappa shape index (κ1) is 12.8. The normalized spacial score (nSPS) is 23.4. The van der Waals surface area contributed by atoms with Crippen molar-refractivity contribution in [1.82, 2.24) is 15.3 Å². The molecule has 0 bridgehead atoms. The summed E-state index contributed by atoms with van der Waals surface area (Å²) in [6, 6.07) is 0.858. The van der Waals surface area contributed by atoms with Crippen LogP contribution in [0.4, 0.5) is 5.82 Å². The summed E-state index contributed by atoms with van der Waals surface area (Å²) in [5, 5.41) is 6.70. The first-order chi connectivity index (χ1) is 8.69. The number of rotatable bonds is 3. The summed E-state index contributed by atoms with van der Waals surface area (Å²) in [5.74, 6) is 0.154. The maximum Gasteiger partial charge on any atom is 0.358 e. The number of carbonyl (C=O) groups excluding carboxylic acids is 1. The van der Waals surface area contributed by atoms with Crippen LogP contribution in [0.25, 0.3) is 0 Å². The molecule has 1 fully saturated rings. The van der Waals surface area contributed by atoms with Gasteiger partial charge in [0.1, 0.15) is 5.82 Å². The second kappa shape index (κ2) is 5.77. The molecule has 2 rings (SSSR count). The van der Waals surface area contributed by atoms with Crippen LogP contribution < -0.4 is 10.6 Å². The van der Waals surface area contributed by atoms with Crippen molar-refractivity contribution in [2.24, 2.45) is 0 Å². The SMILES string of the molecule is COC(=O)c1cncc(NC2CCNC(C)C2)n1. The Bertz CT molecular complexity index is 424. The van der Waals surface area contributed by atoms with Gasteiger partial charge in [-0.15, -0.1) is 0 Å². The Balaban J connectivity index is 2.02. The van der Waals surface area contributed by atoms with Crippen molar-refractivity contribution >= 4 is 11.8 Å². The number of carbonyl (C=O) groups is 1. The Morgan fingerprint density at radius 3 is 3.11 bits per heavy atom. The Kier molecular flexibility index (Phi) is 4.09. The predicted octanol–water partition coefficient (Wildman–Crippen LogP) is 0.816. The molecule has 6 nitrogen and oxygen atoms in total. The maximum atomic E-state index is 11.3. The highest BCUT2D eigenvalue weighted by Gasteiger charge is 2.19. The number of hydrogen-bond acceptors (Lipinski definition) is 6. The van der Waals surface area contributed by atoms with Crippen LogP contribution in [0.2, 0.25) is 0 Å². The van der Waals surface area contributed by atoms with Gasteiger partial charge in [-0.2, -0.15) is 0 Å². The van der Waals surface area contributed by atoms with Crippen LogP contribution >= 0.6 is 0 Å². The largest absolute Gasteiger partial charge is 0.464 e. The molecule has 0 aliphatic carbocycles. The monoisotopic (exact) mass is 250 g/mol. The third-order valence-electron chi connectivity index (χ3n) is 3.00. The summed E-state index contributed by atoms with van der Waals surface area (Å²) < 4.78 is 4.62. The minimum Gasteiger partial charge on any atom is -0.464 e. The lowest BCUT2D eigenvalue weighted by atomic mass is 10.0. The van der Waals surface area contributed by atoms with Crippen molar-refractivity contribution in [1.29, 1.82) is 0 Å². The molecular formula is C12H18N4O2. The lowest BCUT2D eigenvalue weighted by Gasteiger charge is -2.28. The molecule has 98 valence electrons. The first-order valence-electron chi connectivity index (χ1n) is 6.09. The highest BCUT2D eigenvalue weighted by molar-refractivity contribution is 5.87. The van der Waals surface area contributed by atoms with Crippen LogP contribution in [0.3, 0.4) is 0 Å². The van der Waals surface area contributed by atoms with E-state index in [2.05, 4.69) is 32.3 Å². The van der Waals surface area contributed by atoms with Crippen molar-refractivity contribution in [3.8, 4) is 0 Å². The van der Waals surface area contributed by atoms with E-state index >= 15 is 0 Å². The molecule has 2 unspecified atom stereocenters. The molecule has 2 N–H and O–H groups in total. The van der Waals surface area contributed by atoms with Gasteiger partial charge in [0.05, 0.1) is 19.5 Å². The summed E-state index contributed by atoms with van der Waals surface area (Å²) in [6.45, 7) is 3.15. The number of anilines is 1. The average Bonchev–Trinajstić information content (AvgIpc) is 2.38. The highest BCUT2D eigenvalue weighted by atomic mass is 16.5. The third kappa shape index (κ3) is 3.16. The second-order valence-electron chi connectivity index (χ2n) is 4.50. The van der Waals surface area contributed by atoms with Crippen molar-refractivity contribution in [2.75, 3.05) is 19.0 Å². The number of aromatic nitrogens is 2. The molecule has 0 saturated carbocycles. The summed E-state index contributed by atoms with van der Waals surface area (Å²) >= 11 is 0. The van der Waals surface area contributed by atoms with Gasteiger partial charge < -0.3 is 15.4 Å². The fraction of sp³-hybridized carbons (Fsp3) is 0.583. The van der Waals surface area contributed by atoms with Gasteiger partial charge in [0.2, 0.25) is 0 Å². The topological polar surface area (TPSA) is 76.1 Å². The third-order valence-corrected chi connectivity index (χ3v) is 3.00. The Hall–Kier alpha value is -1.69. The number of nitrogens with zero attached hydrogens (tertiary/aromatic N) is 2. The molecule has 0 spiro atoms. The molecule has 0 amide bonds. The molecule has 2 heterocycles. The van der Waals surface area contributed by atoms with Crippen molar-refractivity contribution < 1.29 is 9.53 Å². The van der Waals surface area contributed by atoms with Crippen LogP contribution in [-0.2, 0) is 4.74 Å². The van der Waals surface area contributed by atoms with Gasteiger partial charge in [-0.05, 0) is 26.3 Å². The van der Waals surface area contributed by atoms with E-state index in [9.17, 15) is 4.79 Å². The summed E-state index contributed by atoms with van der Waals surface area (Å²) in [5.41, 5.74) is 0.226. The molecular weight excluding hydrogens is 232 g/mol. The zero-order chi connectivity index (χ0) is 13.0. The number of methoxy groups -OCH3 is 1. The van der Waals surface area contributed by atoms with Crippen molar-refractivity contribution in [3.05, 3.63) is 18.1 Å². The zero-order valence-electron chi connectivity index (χ0n) is 10.6. The lowest BCUT2D eigenvalue weighted by Crippen LogP contribution is -2.41. The van der Waals surface area contributed by atoms with Crippen LogP contribution in [0, 0.1) is 0 Å². The van der Waals surface area contributed by atoms with E-state index in [1.807, 2.05) is 0 Å². The Morgan fingerprint density at radius 1 is 1.56 bits per heavy atom. The van der Waals surface area contributed by atoms with E-state index in [-0.39, 0.29) is 5.69 Å². The summed E-state index contributed by atoms with van der Waals surface area (Å²) in [4.78, 5) is 19.5. The van der Waals surface area contributed by atoms with Gasteiger partial charge in [-0.25, -0.2) is 9.78 Å². The molecule has 18 heavy (non-hydrogen) atoms. The quantitative estimate of drug-likeness (QED) is 0.773. The number of hydrogen-bond donors (Lipinski definition) is 2. The standard InChI is InChI=1S/C12H18N4O2/c1-8-5-9(3-4-14-8)15-11-7-13-6-10(16-11)12(17)18-2/h6-9,14H,3-5H2,1-2H3,(H,15,16). The number of ether oxygens (including phenoxy) is 1. The van der Waals surface area contributed by atoms with Crippen LogP contribution in [0.15, 0.2) is 12.4 Å². The molecule has 0 aromatic carbocycles. The molecule has 1 aromatic rings. The number of piperidine rings is 1. The lowest BCUT2D eigenvalue weighted by molar-refractivity contribution is 0.0593. The predicted molar refractivity (Wildman–Crippen MR) is 67.5 cm³/mol. The second-order valence-corrected chi connectivity index (χ2v) is 4.50. The van der Waals surface area contributed by atoms with Gasteiger partial charge in [0.25, 0.3) is 0 Å². The van der Waals surface area contributed by atoms with Crippen LogP contribution in [-0.4, -0.2) is 41.7 Å². The smallest absolute Gasteiger partial charge is 0.358 e. The molecule has 0 radical (unpaired) electrons. The minimum atomic E-state index is -0.468. The van der Waals surface area contributed by atoms with E-state index in [1.165, 1.54) is 13.3 Å². The Morgan fingerprint density at radius 2 is 2.39 bits per heavy atom. The molecule has 1 aliphatic rings. The molecule has 1 saturated heterocycles. The Labute approximate surface area is 106 Å². The van der Waals surface area contributed by atoms with Gasteiger partial charge in [0, 0.05) is 12.1 Å². The van der Waals surface area contributed by atoms with E-state index in [1.54, 1.807) is 6.20 Å². The van der Waals surface area contributed by atoms with E-state index in [4.69, 9.17) is 0 Å². The van der Waals surface area contributed by atoms with E-state index < -0.39 is 5.97 Å². The summed E-state index contributed by atoms with van der Waals surface area (Å²) in [6.07, 6.45) is 5.10. The fourth-order valence-electron chi connectivity index (χ4n) is 2.11. The van der Waals surface area contributed by atoms with Gasteiger partial charge in [-0.3, -0.25) is 4.98 Å². The molecule has 1 aromatic heterocycles. The number of esters is 1. The van der Waals surface area contributed by atoms with Crippen LogP contribution in [0.5, 0.6) is 0 Å².